The molecule has 10 nitrogen and oxygen atoms in total. The average Bonchev–Trinajstić information content (AvgIpc) is 3.53. The van der Waals surface area contributed by atoms with Gasteiger partial charge in [-0.15, -0.1) is 0 Å². The van der Waals surface area contributed by atoms with Crippen LogP contribution in [-0.2, 0) is 9.57 Å². The van der Waals surface area contributed by atoms with Gasteiger partial charge in [-0.05, 0) is 26.3 Å². The molecule has 1 spiro atoms. The van der Waals surface area contributed by atoms with Crippen LogP contribution in [0.25, 0.3) is 0 Å². The number of alkyl halides is 3. The Morgan fingerprint density at radius 1 is 1.19 bits per heavy atom. The minimum atomic E-state index is -4.62. The van der Waals surface area contributed by atoms with Crippen molar-refractivity contribution in [3.63, 3.8) is 0 Å². The molecule has 0 radical (unpaired) electrons. The highest BCUT2D eigenvalue weighted by Crippen LogP contribution is 2.43. The molecule has 2 saturated heterocycles. The first-order valence-corrected chi connectivity index (χ1v) is 14.9. The highest BCUT2D eigenvalue weighted by molar-refractivity contribution is 6.36. The van der Waals surface area contributed by atoms with Crippen LogP contribution in [0.3, 0.4) is 0 Å². The number of nitrogens with zero attached hydrogens (tertiary/aromatic N) is 6. The molecule has 1 N–H and O–H groups in total. The summed E-state index contributed by atoms with van der Waals surface area (Å²) in [7, 11) is 0. The Hall–Kier alpha value is -2.74. The van der Waals surface area contributed by atoms with E-state index in [4.69, 9.17) is 25.9 Å². The number of aliphatic imine (C=N–C) groups is 2. The van der Waals surface area contributed by atoms with Crippen LogP contribution in [0.1, 0.15) is 32.3 Å². The first kappa shape index (κ1) is 30.3. The third-order valence-electron chi connectivity index (χ3n) is 8.51. The summed E-state index contributed by atoms with van der Waals surface area (Å²) in [4.78, 5) is 17.1. The lowest BCUT2D eigenvalue weighted by Crippen LogP contribution is -2.66. The maximum atomic E-state index is 14.5. The molecule has 2 fully saturated rings. The maximum Gasteiger partial charge on any atom is 0.411 e. The van der Waals surface area contributed by atoms with E-state index >= 15 is 0 Å². The van der Waals surface area contributed by atoms with Crippen LogP contribution >= 0.6 is 11.6 Å². The summed E-state index contributed by atoms with van der Waals surface area (Å²) in [6.07, 6.45) is -2.01. The number of benzene rings is 1. The second kappa shape index (κ2) is 11.6. The van der Waals surface area contributed by atoms with Crippen molar-refractivity contribution in [2.45, 2.75) is 50.6 Å². The lowest BCUT2D eigenvalue weighted by molar-refractivity contribution is -0.197. The van der Waals surface area contributed by atoms with Crippen molar-refractivity contribution >= 4 is 35.6 Å². The van der Waals surface area contributed by atoms with Gasteiger partial charge in [0.05, 0.1) is 29.8 Å². The van der Waals surface area contributed by atoms with E-state index in [1.54, 1.807) is 38.3 Å². The molecule has 0 aliphatic carbocycles. The Morgan fingerprint density at radius 3 is 2.63 bits per heavy atom. The second-order valence-corrected chi connectivity index (χ2v) is 13.0. The molecule has 5 aliphatic heterocycles. The number of hydrazone groups is 1. The van der Waals surface area contributed by atoms with Gasteiger partial charge in [0.2, 0.25) is 0 Å². The number of hydrogen-bond acceptors (Lipinski definition) is 10. The van der Waals surface area contributed by atoms with Crippen LogP contribution in [0.4, 0.5) is 13.2 Å². The van der Waals surface area contributed by atoms with Crippen molar-refractivity contribution in [1.29, 1.82) is 0 Å². The zero-order valence-corrected chi connectivity index (χ0v) is 24.9. The van der Waals surface area contributed by atoms with Gasteiger partial charge in [-0.25, -0.2) is 4.99 Å². The quantitative estimate of drug-likeness (QED) is 0.426. The monoisotopic (exact) mass is 624 g/mol. The van der Waals surface area contributed by atoms with Crippen molar-refractivity contribution in [2.75, 3.05) is 52.5 Å². The number of halogens is 4. The van der Waals surface area contributed by atoms with Gasteiger partial charge in [-0.2, -0.15) is 18.3 Å². The van der Waals surface area contributed by atoms with Crippen molar-refractivity contribution in [3.8, 4) is 5.75 Å². The molecule has 6 rings (SSSR count). The smallest absolute Gasteiger partial charge is 0.411 e. The van der Waals surface area contributed by atoms with Crippen LogP contribution < -0.4 is 4.74 Å². The molecular formula is C29H36ClF3N6O4. The van der Waals surface area contributed by atoms with E-state index in [0.717, 1.165) is 37.9 Å². The van der Waals surface area contributed by atoms with E-state index < -0.39 is 35.8 Å². The molecule has 0 aromatic heterocycles. The topological polar surface area (TPSA) is 104 Å². The predicted molar refractivity (Wildman–Crippen MR) is 156 cm³/mol. The lowest BCUT2D eigenvalue weighted by Gasteiger charge is -2.55. The zero-order valence-electron chi connectivity index (χ0n) is 24.1. The number of likely N-dealkylation sites (tertiary alicyclic amines) is 1. The average molecular weight is 625 g/mol. The van der Waals surface area contributed by atoms with Gasteiger partial charge in [-0.1, -0.05) is 28.9 Å². The van der Waals surface area contributed by atoms with Crippen LogP contribution in [0.2, 0.25) is 5.02 Å². The summed E-state index contributed by atoms with van der Waals surface area (Å²) in [6.45, 7) is 8.25. The molecule has 234 valence electrons. The summed E-state index contributed by atoms with van der Waals surface area (Å²) in [5, 5.41) is 19.8. The van der Waals surface area contributed by atoms with Crippen molar-refractivity contribution in [3.05, 3.63) is 28.8 Å². The summed E-state index contributed by atoms with van der Waals surface area (Å²) < 4.78 is 55.0. The number of amidine groups is 1. The maximum absolute atomic E-state index is 14.5. The fourth-order valence-electron chi connectivity index (χ4n) is 6.27. The van der Waals surface area contributed by atoms with E-state index in [9.17, 15) is 18.3 Å². The predicted octanol–water partition coefficient (Wildman–Crippen LogP) is 3.65. The molecule has 4 atom stereocenters. The normalized spacial score (nSPS) is 28.4. The molecule has 0 saturated carbocycles. The van der Waals surface area contributed by atoms with E-state index in [2.05, 4.69) is 25.1 Å². The molecule has 43 heavy (non-hydrogen) atoms. The SMILES string of the molecule is CC(C)(O)CCN1N=CC(C2ON=C(c3cccc(OCCN4CC5(COC5)C4)c3Cl)C2C2=NCCC=N2)C1C(F)(F)F. The number of oxime groups is 1. The molecule has 1 aromatic rings. The van der Waals surface area contributed by atoms with Gasteiger partial charge in [0.15, 0.2) is 12.1 Å². The Kier molecular flexibility index (Phi) is 8.20. The fraction of sp³-hybridized carbons (Fsp3) is 0.655. The van der Waals surface area contributed by atoms with Crippen LogP contribution in [-0.4, -0.2) is 115 Å². The molecule has 14 heteroatoms. The third kappa shape index (κ3) is 6.27. The number of hydrogen-bond donors (Lipinski definition) is 1. The van der Waals surface area contributed by atoms with Gasteiger partial charge in [0.25, 0.3) is 0 Å². The van der Waals surface area contributed by atoms with Gasteiger partial charge in [-0.3, -0.25) is 14.9 Å². The standard InChI is InChI=1S/C29H36ClF3N6O4/c1-27(2,40)7-10-39-25(29(31,32)33)19(13-36-39)24-21(26-34-8-4-9-35-26)23(37-43-24)18-5-3-6-20(22(18)30)42-12-11-38-14-28(15-38)16-41-17-28/h3,5-6,8,13,19,21,24-25,40H,4,7,9-12,14-17H2,1-2H3. The van der Waals surface area contributed by atoms with Crippen LogP contribution in [0, 0.1) is 17.3 Å². The number of ether oxygens (including phenoxy) is 2. The van der Waals surface area contributed by atoms with E-state index in [0.29, 0.717) is 52.9 Å². The number of rotatable bonds is 10. The van der Waals surface area contributed by atoms with E-state index in [1.807, 2.05) is 0 Å². The minimum absolute atomic E-state index is 0.0811. The van der Waals surface area contributed by atoms with E-state index in [-0.39, 0.29) is 13.0 Å². The van der Waals surface area contributed by atoms with Crippen molar-refractivity contribution in [2.24, 2.45) is 37.5 Å². The summed E-state index contributed by atoms with van der Waals surface area (Å²) in [5.41, 5.74) is -0.000291. The molecule has 0 bridgehead atoms. The Labute approximate surface area is 253 Å². The van der Waals surface area contributed by atoms with Crippen molar-refractivity contribution in [1.82, 2.24) is 9.91 Å². The van der Waals surface area contributed by atoms with Gasteiger partial charge in [0.1, 0.15) is 29.8 Å². The molecule has 5 aliphatic rings. The number of aliphatic hydroxyl groups is 1. The van der Waals surface area contributed by atoms with Crippen LogP contribution in [0.5, 0.6) is 5.75 Å². The second-order valence-electron chi connectivity index (χ2n) is 12.6. The van der Waals surface area contributed by atoms with E-state index in [1.165, 1.54) is 6.21 Å². The van der Waals surface area contributed by atoms with Gasteiger partial charge >= 0.3 is 6.18 Å². The van der Waals surface area contributed by atoms with Gasteiger partial charge in [0, 0.05) is 62.6 Å². The first-order chi connectivity index (χ1) is 20.4. The Bertz CT molecular complexity index is 1320. The summed E-state index contributed by atoms with van der Waals surface area (Å²) in [6, 6.07) is 3.30. The molecule has 4 unspecified atom stereocenters. The largest absolute Gasteiger partial charge is 0.491 e. The molecule has 5 heterocycles. The summed E-state index contributed by atoms with van der Waals surface area (Å²) >= 11 is 6.84. The van der Waals surface area contributed by atoms with Gasteiger partial charge < -0.3 is 19.4 Å². The fourth-order valence-corrected chi connectivity index (χ4v) is 6.55. The zero-order chi connectivity index (χ0) is 30.4. The Balaban J connectivity index is 1.21. The van der Waals surface area contributed by atoms with Crippen LogP contribution in [0.15, 0.2) is 38.4 Å². The Morgan fingerprint density at radius 2 is 1.98 bits per heavy atom. The highest BCUT2D eigenvalue weighted by atomic mass is 35.5. The summed E-state index contributed by atoms with van der Waals surface area (Å²) in [5.74, 6) is -1.23. The lowest BCUT2D eigenvalue weighted by atomic mass is 9.78. The third-order valence-corrected chi connectivity index (χ3v) is 8.90. The highest BCUT2D eigenvalue weighted by Gasteiger charge is 2.58. The molecule has 0 amide bonds. The molecular weight excluding hydrogens is 589 g/mol. The minimum Gasteiger partial charge on any atom is -0.491 e. The first-order valence-electron chi connectivity index (χ1n) is 14.6. The van der Waals surface area contributed by atoms with Crippen molar-refractivity contribution < 1.29 is 32.6 Å². The molecule has 1 aromatic carbocycles.